The van der Waals surface area contributed by atoms with Crippen molar-refractivity contribution in [3.05, 3.63) is 100 Å². The predicted octanol–water partition coefficient (Wildman–Crippen LogP) is 7.16. The lowest BCUT2D eigenvalue weighted by Crippen LogP contribution is -2.09. The van der Waals surface area contributed by atoms with Crippen LogP contribution in [0.1, 0.15) is 16.7 Å². The molecule has 0 heterocycles. The number of alkyl halides is 3. The minimum absolute atomic E-state index is 0.429. The Morgan fingerprint density at radius 3 is 2.25 bits per heavy atom. The molecule has 32 heavy (non-hydrogen) atoms. The van der Waals surface area contributed by atoms with Crippen molar-refractivity contribution >= 4 is 39.2 Å². The van der Waals surface area contributed by atoms with Crippen LogP contribution in [0.4, 0.5) is 13.2 Å². The van der Waals surface area contributed by atoms with Crippen molar-refractivity contribution in [1.29, 1.82) is 0 Å². The highest BCUT2D eigenvalue weighted by Crippen LogP contribution is 2.33. The van der Waals surface area contributed by atoms with Gasteiger partial charge in [0.15, 0.2) is 6.61 Å². The maximum Gasteiger partial charge on any atom is 0.416 e. The lowest BCUT2D eigenvalue weighted by Gasteiger charge is -2.12. The number of carbonyl (C=O) groups is 1. The fraction of sp³-hybridized carbons (Fsp3) is 0.125. The van der Waals surface area contributed by atoms with E-state index in [1.165, 1.54) is 23.9 Å². The first-order valence-electron chi connectivity index (χ1n) is 9.44. The van der Waals surface area contributed by atoms with Gasteiger partial charge in [0.1, 0.15) is 5.75 Å². The molecule has 0 radical (unpaired) electrons. The van der Waals surface area contributed by atoms with E-state index in [0.29, 0.717) is 21.5 Å². The standard InChI is InChI=1S/C24H18BrF3O3S/c25-21-14-19(10-11-22(21)31-15-23(29)30)32-13-12-20(16-4-2-1-3-5-16)17-6-8-18(9-7-17)24(26,27)28/h1-12,14H,13,15H2,(H,29,30)/b20-12-. The van der Waals surface area contributed by atoms with Gasteiger partial charge < -0.3 is 9.84 Å². The van der Waals surface area contributed by atoms with Crippen molar-refractivity contribution in [2.24, 2.45) is 0 Å². The molecule has 3 aromatic rings. The molecule has 0 spiro atoms. The number of thioether (sulfide) groups is 1. The first-order valence-corrected chi connectivity index (χ1v) is 11.2. The molecule has 3 aromatic carbocycles. The molecule has 0 saturated heterocycles. The van der Waals surface area contributed by atoms with Crippen LogP contribution in [0.15, 0.2) is 88.2 Å². The Bertz CT molecular complexity index is 1100. The summed E-state index contributed by atoms with van der Waals surface area (Å²) in [4.78, 5) is 11.6. The minimum Gasteiger partial charge on any atom is -0.481 e. The Morgan fingerprint density at radius 2 is 1.66 bits per heavy atom. The van der Waals surface area contributed by atoms with Crippen molar-refractivity contribution in [2.45, 2.75) is 11.1 Å². The number of aliphatic carboxylic acids is 1. The van der Waals surface area contributed by atoms with Crippen LogP contribution in [0.2, 0.25) is 0 Å². The molecule has 0 bridgehead atoms. The molecule has 0 aliphatic rings. The van der Waals surface area contributed by atoms with Crippen molar-refractivity contribution in [1.82, 2.24) is 0 Å². The van der Waals surface area contributed by atoms with E-state index in [0.717, 1.165) is 28.2 Å². The van der Waals surface area contributed by atoms with E-state index in [2.05, 4.69) is 15.9 Å². The van der Waals surface area contributed by atoms with E-state index in [4.69, 9.17) is 9.84 Å². The Kier molecular flexibility index (Phi) is 8.04. The second-order valence-electron chi connectivity index (χ2n) is 6.64. The van der Waals surface area contributed by atoms with Crippen LogP contribution in [-0.4, -0.2) is 23.4 Å². The number of hydrogen-bond acceptors (Lipinski definition) is 3. The van der Waals surface area contributed by atoms with Crippen LogP contribution in [0.3, 0.4) is 0 Å². The maximum atomic E-state index is 12.9. The minimum atomic E-state index is -4.38. The average molecular weight is 523 g/mol. The smallest absolute Gasteiger partial charge is 0.416 e. The van der Waals surface area contributed by atoms with E-state index in [1.54, 1.807) is 6.07 Å². The van der Waals surface area contributed by atoms with Gasteiger partial charge in [-0.1, -0.05) is 48.5 Å². The summed E-state index contributed by atoms with van der Waals surface area (Å²) in [5.41, 5.74) is 1.76. The summed E-state index contributed by atoms with van der Waals surface area (Å²) in [6.07, 6.45) is -2.40. The molecule has 0 aromatic heterocycles. The summed E-state index contributed by atoms with van der Waals surface area (Å²) in [6.45, 7) is -0.429. The highest BCUT2D eigenvalue weighted by atomic mass is 79.9. The molecule has 0 saturated carbocycles. The van der Waals surface area contributed by atoms with Gasteiger partial charge in [-0.3, -0.25) is 0 Å². The summed E-state index contributed by atoms with van der Waals surface area (Å²) in [5, 5.41) is 8.72. The monoisotopic (exact) mass is 522 g/mol. The van der Waals surface area contributed by atoms with Crippen molar-refractivity contribution in [3.63, 3.8) is 0 Å². The van der Waals surface area contributed by atoms with Gasteiger partial charge in [0, 0.05) is 10.6 Å². The van der Waals surface area contributed by atoms with Gasteiger partial charge in [-0.05, 0) is 63.0 Å². The summed E-state index contributed by atoms with van der Waals surface area (Å²) in [7, 11) is 0. The molecule has 166 valence electrons. The topological polar surface area (TPSA) is 46.5 Å². The Labute approximate surface area is 196 Å². The van der Waals surface area contributed by atoms with Gasteiger partial charge in [-0.2, -0.15) is 13.2 Å². The second-order valence-corrected chi connectivity index (χ2v) is 8.59. The highest BCUT2D eigenvalue weighted by molar-refractivity contribution is 9.10. The van der Waals surface area contributed by atoms with E-state index in [1.807, 2.05) is 48.5 Å². The van der Waals surface area contributed by atoms with E-state index < -0.39 is 24.3 Å². The normalized spacial score (nSPS) is 11.9. The van der Waals surface area contributed by atoms with Gasteiger partial charge in [-0.15, -0.1) is 11.8 Å². The van der Waals surface area contributed by atoms with Crippen molar-refractivity contribution in [3.8, 4) is 5.75 Å². The number of carboxylic acid groups (broad SMARTS) is 1. The van der Waals surface area contributed by atoms with Gasteiger partial charge in [0.2, 0.25) is 0 Å². The third-order valence-corrected chi connectivity index (χ3v) is 5.94. The molecule has 0 amide bonds. The maximum absolute atomic E-state index is 12.9. The Morgan fingerprint density at radius 1 is 1.00 bits per heavy atom. The van der Waals surface area contributed by atoms with Crippen LogP contribution >= 0.6 is 27.7 Å². The third-order valence-electron chi connectivity index (χ3n) is 4.40. The number of halogens is 4. The van der Waals surface area contributed by atoms with Crippen LogP contribution in [-0.2, 0) is 11.0 Å². The largest absolute Gasteiger partial charge is 0.481 e. The fourth-order valence-corrected chi connectivity index (χ4v) is 4.36. The quantitative estimate of drug-likeness (QED) is 0.319. The Balaban J connectivity index is 1.79. The summed E-state index contributed by atoms with van der Waals surface area (Å²) in [6, 6.07) is 20.0. The predicted molar refractivity (Wildman–Crippen MR) is 123 cm³/mol. The van der Waals surface area contributed by atoms with Crippen molar-refractivity contribution < 1.29 is 27.8 Å². The summed E-state index contributed by atoms with van der Waals surface area (Å²) < 4.78 is 44.6. The number of ether oxygens (including phenoxy) is 1. The number of hydrogen-bond donors (Lipinski definition) is 1. The highest BCUT2D eigenvalue weighted by Gasteiger charge is 2.30. The van der Waals surface area contributed by atoms with E-state index >= 15 is 0 Å². The van der Waals surface area contributed by atoms with Crippen LogP contribution in [0.5, 0.6) is 5.75 Å². The summed E-state index contributed by atoms with van der Waals surface area (Å²) in [5.74, 6) is -0.0493. The van der Waals surface area contributed by atoms with Crippen LogP contribution in [0, 0.1) is 0 Å². The van der Waals surface area contributed by atoms with Crippen LogP contribution in [0.25, 0.3) is 5.57 Å². The zero-order valence-corrected chi connectivity index (χ0v) is 19.0. The van der Waals surface area contributed by atoms with Gasteiger partial charge in [-0.25, -0.2) is 4.79 Å². The SMILES string of the molecule is O=C(O)COc1ccc(SC/C=C(/c2ccccc2)c2ccc(C(F)(F)F)cc2)cc1Br. The molecule has 0 fully saturated rings. The Hall–Kier alpha value is -2.71. The molecule has 0 unspecified atom stereocenters. The molecule has 3 nitrogen and oxygen atoms in total. The lowest BCUT2D eigenvalue weighted by molar-refractivity contribution is -0.139. The molecule has 1 N–H and O–H groups in total. The van der Waals surface area contributed by atoms with Gasteiger partial charge in [0.05, 0.1) is 10.0 Å². The molecule has 0 aliphatic carbocycles. The van der Waals surface area contributed by atoms with Crippen LogP contribution < -0.4 is 4.74 Å². The molecule has 0 aliphatic heterocycles. The second kappa shape index (κ2) is 10.7. The summed E-state index contributed by atoms with van der Waals surface area (Å²) >= 11 is 4.91. The lowest BCUT2D eigenvalue weighted by atomic mass is 9.97. The fourth-order valence-electron chi connectivity index (χ4n) is 2.91. The molecule has 8 heteroatoms. The zero-order chi connectivity index (χ0) is 23.1. The molecular weight excluding hydrogens is 505 g/mol. The first-order chi connectivity index (χ1) is 15.2. The molecule has 3 rings (SSSR count). The van der Waals surface area contributed by atoms with Gasteiger partial charge in [0.25, 0.3) is 0 Å². The van der Waals surface area contributed by atoms with E-state index in [9.17, 15) is 18.0 Å². The number of carboxylic acids is 1. The zero-order valence-electron chi connectivity index (χ0n) is 16.6. The van der Waals surface area contributed by atoms with Crippen molar-refractivity contribution in [2.75, 3.05) is 12.4 Å². The van der Waals surface area contributed by atoms with Gasteiger partial charge >= 0.3 is 12.1 Å². The third kappa shape index (κ3) is 6.64. The average Bonchev–Trinajstić information content (AvgIpc) is 2.76. The molecular formula is C24H18BrF3O3S. The molecule has 0 atom stereocenters. The number of rotatable bonds is 8. The van der Waals surface area contributed by atoms with E-state index in [-0.39, 0.29) is 0 Å². The number of benzene rings is 3. The first kappa shape index (κ1) is 23.9.